The van der Waals surface area contributed by atoms with Crippen LogP contribution in [0.5, 0.6) is 0 Å². The third-order valence-corrected chi connectivity index (χ3v) is 3.42. The molecule has 0 saturated carbocycles. The predicted octanol–water partition coefficient (Wildman–Crippen LogP) is 3.70. The van der Waals surface area contributed by atoms with Crippen LogP contribution in [-0.2, 0) is 4.79 Å². The highest BCUT2D eigenvalue weighted by molar-refractivity contribution is 6.32. The Morgan fingerprint density at radius 1 is 1.33 bits per heavy atom. The summed E-state index contributed by atoms with van der Waals surface area (Å²) in [6.07, 6.45) is 5.60. The largest absolute Gasteiger partial charge is 0.478 e. The third kappa shape index (κ3) is 5.60. The molecule has 1 aromatic rings. The summed E-state index contributed by atoms with van der Waals surface area (Å²) in [6.45, 7) is 2.83. The van der Waals surface area contributed by atoms with Crippen molar-refractivity contribution in [3.8, 4) is 0 Å². The summed E-state index contributed by atoms with van der Waals surface area (Å²) in [5, 5.41) is 8.95. The van der Waals surface area contributed by atoms with Crippen LogP contribution in [0.15, 0.2) is 24.3 Å². The van der Waals surface area contributed by atoms with E-state index < -0.39 is 5.97 Å². The molecule has 114 valence electrons. The molecule has 1 rings (SSSR count). The minimum Gasteiger partial charge on any atom is -0.478 e. The number of aliphatic carboxylic acids is 1. The minimum atomic E-state index is -1.04. The maximum absolute atomic E-state index is 12.2. The van der Waals surface area contributed by atoms with Gasteiger partial charge in [0.25, 0.3) is 5.91 Å². The highest BCUT2D eigenvalue weighted by atomic mass is 35.5. The highest BCUT2D eigenvalue weighted by Crippen LogP contribution is 2.20. The number of hydrogen-bond acceptors (Lipinski definition) is 2. The van der Waals surface area contributed by atoms with Crippen molar-refractivity contribution in [1.82, 2.24) is 4.90 Å². The van der Waals surface area contributed by atoms with Crippen LogP contribution in [0.25, 0.3) is 6.08 Å². The summed E-state index contributed by atoms with van der Waals surface area (Å²) in [6, 6.07) is 4.88. The first kappa shape index (κ1) is 17.2. The molecule has 0 aliphatic rings. The van der Waals surface area contributed by atoms with Gasteiger partial charge in [-0.2, -0.15) is 0 Å². The first-order chi connectivity index (χ1) is 9.95. The van der Waals surface area contributed by atoms with E-state index in [0.717, 1.165) is 25.3 Å². The number of carboxylic acids is 1. The molecule has 4 nitrogen and oxygen atoms in total. The average Bonchev–Trinajstić information content (AvgIpc) is 2.45. The van der Waals surface area contributed by atoms with E-state index in [-0.39, 0.29) is 5.91 Å². The quantitative estimate of drug-likeness (QED) is 0.617. The summed E-state index contributed by atoms with van der Waals surface area (Å²) in [5.41, 5.74) is 1.08. The number of carbonyl (C=O) groups excluding carboxylic acids is 1. The molecule has 1 N–H and O–H groups in total. The number of nitrogens with zero attached hydrogens (tertiary/aromatic N) is 1. The van der Waals surface area contributed by atoms with Crippen LogP contribution in [0.2, 0.25) is 5.02 Å². The Kier molecular flexibility index (Phi) is 6.96. The van der Waals surface area contributed by atoms with Crippen LogP contribution < -0.4 is 0 Å². The van der Waals surface area contributed by atoms with Gasteiger partial charge in [-0.05, 0) is 30.2 Å². The fourth-order valence-corrected chi connectivity index (χ4v) is 2.12. The van der Waals surface area contributed by atoms with Crippen LogP contribution in [-0.4, -0.2) is 35.5 Å². The molecule has 0 heterocycles. The van der Waals surface area contributed by atoms with Crippen molar-refractivity contribution in [2.75, 3.05) is 13.6 Å². The smallest absolute Gasteiger partial charge is 0.328 e. The molecule has 5 heteroatoms. The van der Waals surface area contributed by atoms with Gasteiger partial charge in [0.1, 0.15) is 0 Å². The van der Waals surface area contributed by atoms with E-state index in [0.29, 0.717) is 22.7 Å². The highest BCUT2D eigenvalue weighted by Gasteiger charge is 2.12. The number of rotatable bonds is 7. The number of halogens is 1. The molecule has 0 bridgehead atoms. The van der Waals surface area contributed by atoms with E-state index in [2.05, 4.69) is 6.92 Å². The number of unbranched alkanes of at least 4 members (excludes halogenated alkanes) is 2. The van der Waals surface area contributed by atoms with Crippen molar-refractivity contribution in [2.24, 2.45) is 0 Å². The molecule has 0 aliphatic heterocycles. The van der Waals surface area contributed by atoms with E-state index in [9.17, 15) is 9.59 Å². The SMILES string of the molecule is CCCCCN(C)C(=O)c1ccc(/C=C/C(=O)O)c(Cl)c1. The minimum absolute atomic E-state index is 0.0817. The molecule has 0 aromatic heterocycles. The fraction of sp³-hybridized carbons (Fsp3) is 0.375. The van der Waals surface area contributed by atoms with Crippen molar-refractivity contribution in [3.63, 3.8) is 0 Å². The van der Waals surface area contributed by atoms with Crippen LogP contribution in [0.1, 0.15) is 42.1 Å². The van der Waals surface area contributed by atoms with E-state index in [1.165, 1.54) is 6.08 Å². The lowest BCUT2D eigenvalue weighted by Gasteiger charge is -2.17. The monoisotopic (exact) mass is 309 g/mol. The zero-order chi connectivity index (χ0) is 15.8. The normalized spacial score (nSPS) is 10.8. The number of benzene rings is 1. The summed E-state index contributed by atoms with van der Waals surface area (Å²) < 4.78 is 0. The molecular weight excluding hydrogens is 290 g/mol. The second kappa shape index (κ2) is 8.47. The van der Waals surface area contributed by atoms with Crippen LogP contribution in [0, 0.1) is 0 Å². The summed E-state index contributed by atoms with van der Waals surface area (Å²) in [5.74, 6) is -1.12. The van der Waals surface area contributed by atoms with Crippen LogP contribution in [0.4, 0.5) is 0 Å². The van der Waals surface area contributed by atoms with Crippen molar-refractivity contribution < 1.29 is 14.7 Å². The Morgan fingerprint density at radius 3 is 2.62 bits per heavy atom. The van der Waals surface area contributed by atoms with Gasteiger partial charge in [-0.25, -0.2) is 4.79 Å². The molecule has 0 spiro atoms. The zero-order valence-corrected chi connectivity index (χ0v) is 13.1. The Balaban J connectivity index is 2.78. The topological polar surface area (TPSA) is 57.6 Å². The summed E-state index contributed by atoms with van der Waals surface area (Å²) in [7, 11) is 1.77. The van der Waals surface area contributed by atoms with Crippen molar-refractivity contribution in [1.29, 1.82) is 0 Å². The molecule has 0 atom stereocenters. The lowest BCUT2D eigenvalue weighted by atomic mass is 10.1. The van der Waals surface area contributed by atoms with Crippen molar-refractivity contribution in [2.45, 2.75) is 26.2 Å². The summed E-state index contributed by atoms with van der Waals surface area (Å²) >= 11 is 6.07. The lowest BCUT2D eigenvalue weighted by molar-refractivity contribution is -0.131. The second-order valence-corrected chi connectivity index (χ2v) is 5.25. The molecule has 0 radical (unpaired) electrons. The van der Waals surface area contributed by atoms with Gasteiger partial charge in [0, 0.05) is 30.3 Å². The maximum Gasteiger partial charge on any atom is 0.328 e. The standard InChI is InChI=1S/C16H20ClNO3/c1-3-4-5-10-18(2)16(21)13-7-6-12(14(17)11-13)8-9-15(19)20/h6-9,11H,3-5,10H2,1-2H3,(H,19,20)/b9-8+. The van der Waals surface area contributed by atoms with Crippen molar-refractivity contribution >= 4 is 29.6 Å². The van der Waals surface area contributed by atoms with Gasteiger partial charge in [0.15, 0.2) is 0 Å². The molecule has 1 amide bonds. The zero-order valence-electron chi connectivity index (χ0n) is 12.3. The lowest BCUT2D eigenvalue weighted by Crippen LogP contribution is -2.27. The number of amides is 1. The molecule has 0 aliphatic carbocycles. The Morgan fingerprint density at radius 2 is 2.05 bits per heavy atom. The molecule has 0 saturated heterocycles. The van der Waals surface area contributed by atoms with Gasteiger partial charge < -0.3 is 10.0 Å². The second-order valence-electron chi connectivity index (χ2n) is 4.84. The fourth-order valence-electron chi connectivity index (χ4n) is 1.88. The maximum atomic E-state index is 12.2. The Bertz CT molecular complexity index is 540. The van der Waals surface area contributed by atoms with Crippen LogP contribution >= 0.6 is 11.6 Å². The van der Waals surface area contributed by atoms with Gasteiger partial charge >= 0.3 is 5.97 Å². The van der Waals surface area contributed by atoms with Crippen LogP contribution in [0.3, 0.4) is 0 Å². The van der Waals surface area contributed by atoms with E-state index in [1.807, 2.05) is 0 Å². The van der Waals surface area contributed by atoms with E-state index in [1.54, 1.807) is 30.1 Å². The molecule has 1 aromatic carbocycles. The van der Waals surface area contributed by atoms with E-state index in [4.69, 9.17) is 16.7 Å². The molecule has 21 heavy (non-hydrogen) atoms. The summed E-state index contributed by atoms with van der Waals surface area (Å²) in [4.78, 5) is 24.4. The first-order valence-corrected chi connectivity index (χ1v) is 7.29. The molecule has 0 fully saturated rings. The van der Waals surface area contributed by atoms with Gasteiger partial charge in [0.05, 0.1) is 0 Å². The number of carboxylic acid groups (broad SMARTS) is 1. The molecular formula is C16H20ClNO3. The average molecular weight is 310 g/mol. The Labute approximate surface area is 130 Å². The van der Waals surface area contributed by atoms with E-state index >= 15 is 0 Å². The molecule has 0 unspecified atom stereocenters. The number of carbonyl (C=O) groups is 2. The van der Waals surface area contributed by atoms with Crippen molar-refractivity contribution in [3.05, 3.63) is 40.4 Å². The van der Waals surface area contributed by atoms with Gasteiger partial charge in [-0.3, -0.25) is 4.79 Å². The van der Waals surface area contributed by atoms with Gasteiger partial charge in [-0.1, -0.05) is 37.4 Å². The Hall–Kier alpha value is -1.81. The van der Waals surface area contributed by atoms with Gasteiger partial charge in [0.2, 0.25) is 0 Å². The third-order valence-electron chi connectivity index (χ3n) is 3.10. The number of hydrogen-bond donors (Lipinski definition) is 1. The van der Waals surface area contributed by atoms with Gasteiger partial charge in [-0.15, -0.1) is 0 Å². The first-order valence-electron chi connectivity index (χ1n) is 6.91. The predicted molar refractivity (Wildman–Crippen MR) is 84.6 cm³/mol.